The van der Waals surface area contributed by atoms with Crippen LogP contribution in [0.3, 0.4) is 0 Å². The molecule has 0 aromatic rings. The molecule has 0 saturated carbocycles. The summed E-state index contributed by atoms with van der Waals surface area (Å²) in [7, 11) is 0. The minimum Gasteiger partial charge on any atom is -0.341 e. The van der Waals surface area contributed by atoms with Gasteiger partial charge in [0.1, 0.15) is 0 Å². The van der Waals surface area contributed by atoms with Gasteiger partial charge in [0.25, 0.3) is 0 Å². The maximum Gasteiger partial charge on any atom is 0.225 e. The number of unbranched alkanes of at least 4 members (excludes halogenated alkanes) is 1. The van der Waals surface area contributed by atoms with Crippen LogP contribution in [0.4, 0.5) is 0 Å². The van der Waals surface area contributed by atoms with Crippen LogP contribution in [0.5, 0.6) is 0 Å². The number of hydrogen-bond donors (Lipinski definition) is 1. The number of amides is 1. The largest absolute Gasteiger partial charge is 0.341 e. The molecule has 0 aromatic heterocycles. The molecule has 0 spiro atoms. The van der Waals surface area contributed by atoms with Gasteiger partial charge in [-0.2, -0.15) is 0 Å². The lowest BCUT2D eigenvalue weighted by molar-refractivity contribution is -0.135. The minimum atomic E-state index is 0.205. The third-order valence-corrected chi connectivity index (χ3v) is 2.84. The first-order chi connectivity index (χ1) is 7.21. The van der Waals surface area contributed by atoms with Gasteiger partial charge in [0, 0.05) is 25.6 Å². The van der Waals surface area contributed by atoms with Crippen LogP contribution in [0.2, 0.25) is 0 Å². The second-order valence-electron chi connectivity index (χ2n) is 3.95. The quantitative estimate of drug-likeness (QED) is 0.672. The summed E-state index contributed by atoms with van der Waals surface area (Å²) in [5.41, 5.74) is 5.49. The van der Waals surface area contributed by atoms with E-state index in [0.29, 0.717) is 19.0 Å². The third kappa shape index (κ3) is 5.17. The van der Waals surface area contributed by atoms with E-state index in [0.717, 1.165) is 32.2 Å². The Balaban J connectivity index is 4.20. The van der Waals surface area contributed by atoms with E-state index in [2.05, 4.69) is 13.8 Å². The zero-order valence-electron chi connectivity index (χ0n) is 10.5. The molecule has 0 bridgehead atoms. The number of rotatable bonds is 8. The average molecular weight is 214 g/mol. The monoisotopic (exact) mass is 214 g/mol. The van der Waals surface area contributed by atoms with Crippen molar-refractivity contribution in [2.75, 3.05) is 19.6 Å². The molecule has 90 valence electrons. The van der Waals surface area contributed by atoms with Crippen LogP contribution in [0.1, 0.15) is 46.5 Å². The van der Waals surface area contributed by atoms with Gasteiger partial charge < -0.3 is 10.6 Å². The highest BCUT2D eigenvalue weighted by Gasteiger charge is 2.20. The zero-order valence-corrected chi connectivity index (χ0v) is 10.5. The van der Waals surface area contributed by atoms with Crippen molar-refractivity contribution in [2.45, 2.75) is 46.5 Å². The molecule has 1 amide bonds. The van der Waals surface area contributed by atoms with Gasteiger partial charge in [0.2, 0.25) is 5.91 Å². The Morgan fingerprint density at radius 1 is 1.33 bits per heavy atom. The lowest BCUT2D eigenvalue weighted by Gasteiger charge is -2.25. The number of nitrogens with two attached hydrogens (primary N) is 1. The summed E-state index contributed by atoms with van der Waals surface area (Å²) in [4.78, 5) is 14.0. The number of nitrogens with zero attached hydrogens (tertiary/aromatic N) is 1. The van der Waals surface area contributed by atoms with Crippen LogP contribution in [0.15, 0.2) is 0 Å². The Labute approximate surface area is 94.0 Å². The average Bonchev–Trinajstić information content (AvgIpc) is 2.26. The molecule has 3 heteroatoms. The number of likely N-dealkylation sites (N-methyl/N-ethyl adjacent to an activating group) is 1. The molecule has 0 fully saturated rings. The molecule has 0 saturated heterocycles. The first kappa shape index (κ1) is 14.4. The molecular weight excluding hydrogens is 188 g/mol. The zero-order chi connectivity index (χ0) is 11.7. The second kappa shape index (κ2) is 8.72. The molecule has 0 rings (SSSR count). The Morgan fingerprint density at radius 2 is 2.00 bits per heavy atom. The van der Waals surface area contributed by atoms with Crippen molar-refractivity contribution in [3.8, 4) is 0 Å². The van der Waals surface area contributed by atoms with Crippen molar-refractivity contribution in [3.63, 3.8) is 0 Å². The smallest absolute Gasteiger partial charge is 0.225 e. The first-order valence-corrected chi connectivity index (χ1v) is 6.19. The van der Waals surface area contributed by atoms with Crippen molar-refractivity contribution in [2.24, 2.45) is 11.7 Å². The van der Waals surface area contributed by atoms with Crippen LogP contribution in [0.25, 0.3) is 0 Å². The molecule has 2 N–H and O–H groups in total. The van der Waals surface area contributed by atoms with Gasteiger partial charge in [-0.3, -0.25) is 4.79 Å². The highest BCUT2D eigenvalue weighted by atomic mass is 16.2. The van der Waals surface area contributed by atoms with Gasteiger partial charge in [-0.1, -0.05) is 26.7 Å². The fourth-order valence-electron chi connectivity index (χ4n) is 1.79. The molecule has 0 aliphatic carbocycles. The van der Waals surface area contributed by atoms with E-state index in [1.54, 1.807) is 0 Å². The number of carbonyl (C=O) groups excluding carboxylic acids is 1. The predicted molar refractivity (Wildman–Crippen MR) is 64.6 cm³/mol. The summed E-state index contributed by atoms with van der Waals surface area (Å²) in [6.45, 7) is 8.30. The van der Waals surface area contributed by atoms with E-state index < -0.39 is 0 Å². The lowest BCUT2D eigenvalue weighted by atomic mass is 9.98. The minimum absolute atomic E-state index is 0.205. The Bertz CT molecular complexity index is 171. The lowest BCUT2D eigenvalue weighted by Crippen LogP contribution is -2.39. The fraction of sp³-hybridized carbons (Fsp3) is 0.917. The SMILES string of the molecule is CCCCC(CC)C(=O)N(CC)CCN. The maximum absolute atomic E-state index is 12.1. The molecule has 0 aliphatic heterocycles. The van der Waals surface area contributed by atoms with Crippen molar-refractivity contribution < 1.29 is 4.79 Å². The van der Waals surface area contributed by atoms with Gasteiger partial charge in [-0.05, 0) is 19.8 Å². The van der Waals surface area contributed by atoms with Crippen LogP contribution < -0.4 is 5.73 Å². The fourth-order valence-corrected chi connectivity index (χ4v) is 1.79. The summed E-state index contributed by atoms with van der Waals surface area (Å²) in [6.07, 6.45) is 4.27. The van der Waals surface area contributed by atoms with Crippen molar-refractivity contribution in [3.05, 3.63) is 0 Å². The molecule has 1 atom stereocenters. The Morgan fingerprint density at radius 3 is 2.40 bits per heavy atom. The Hall–Kier alpha value is -0.570. The highest BCUT2D eigenvalue weighted by Crippen LogP contribution is 2.15. The van der Waals surface area contributed by atoms with Crippen molar-refractivity contribution in [1.82, 2.24) is 4.90 Å². The number of carbonyl (C=O) groups is 1. The van der Waals surface area contributed by atoms with Gasteiger partial charge in [0.15, 0.2) is 0 Å². The highest BCUT2D eigenvalue weighted by molar-refractivity contribution is 5.78. The molecule has 0 radical (unpaired) electrons. The first-order valence-electron chi connectivity index (χ1n) is 6.19. The van der Waals surface area contributed by atoms with Crippen molar-refractivity contribution in [1.29, 1.82) is 0 Å². The molecule has 0 aliphatic rings. The molecule has 1 unspecified atom stereocenters. The van der Waals surface area contributed by atoms with E-state index >= 15 is 0 Å². The molecule has 15 heavy (non-hydrogen) atoms. The number of hydrogen-bond acceptors (Lipinski definition) is 2. The van der Waals surface area contributed by atoms with Crippen LogP contribution >= 0.6 is 0 Å². The summed E-state index contributed by atoms with van der Waals surface area (Å²) in [6, 6.07) is 0. The van der Waals surface area contributed by atoms with Crippen LogP contribution in [-0.2, 0) is 4.79 Å². The summed E-state index contributed by atoms with van der Waals surface area (Å²) < 4.78 is 0. The molecule has 0 heterocycles. The second-order valence-corrected chi connectivity index (χ2v) is 3.95. The third-order valence-electron chi connectivity index (χ3n) is 2.84. The van der Waals surface area contributed by atoms with Crippen LogP contribution in [0, 0.1) is 5.92 Å². The van der Waals surface area contributed by atoms with Gasteiger partial charge in [-0.15, -0.1) is 0 Å². The van der Waals surface area contributed by atoms with Crippen molar-refractivity contribution >= 4 is 5.91 Å². The standard InChI is InChI=1S/C12H26N2O/c1-4-7-8-11(5-2)12(15)14(6-3)10-9-13/h11H,4-10,13H2,1-3H3. The van der Waals surface area contributed by atoms with E-state index in [1.807, 2.05) is 11.8 Å². The normalized spacial score (nSPS) is 12.5. The topological polar surface area (TPSA) is 46.3 Å². The van der Waals surface area contributed by atoms with E-state index in [9.17, 15) is 4.79 Å². The molecule has 0 aromatic carbocycles. The van der Waals surface area contributed by atoms with Gasteiger partial charge in [-0.25, -0.2) is 0 Å². The molecular formula is C12H26N2O. The van der Waals surface area contributed by atoms with E-state index in [4.69, 9.17) is 5.73 Å². The van der Waals surface area contributed by atoms with E-state index in [-0.39, 0.29) is 5.92 Å². The maximum atomic E-state index is 12.1. The Kier molecular flexibility index (Phi) is 8.38. The summed E-state index contributed by atoms with van der Waals surface area (Å²) in [5, 5.41) is 0. The predicted octanol–water partition coefficient (Wildman–Crippen LogP) is 2.01. The van der Waals surface area contributed by atoms with E-state index in [1.165, 1.54) is 0 Å². The summed E-state index contributed by atoms with van der Waals surface area (Å²) >= 11 is 0. The molecule has 3 nitrogen and oxygen atoms in total. The summed E-state index contributed by atoms with van der Waals surface area (Å²) in [5.74, 6) is 0.496. The van der Waals surface area contributed by atoms with Gasteiger partial charge >= 0.3 is 0 Å². The van der Waals surface area contributed by atoms with Gasteiger partial charge in [0.05, 0.1) is 0 Å². The van der Waals surface area contributed by atoms with Crippen LogP contribution in [-0.4, -0.2) is 30.4 Å².